The Bertz CT molecular complexity index is 971. The van der Waals surface area contributed by atoms with Gasteiger partial charge < -0.3 is 18.6 Å². The van der Waals surface area contributed by atoms with Crippen LogP contribution >= 0.6 is 0 Å². The zero-order valence-electron chi connectivity index (χ0n) is 17.5. The highest BCUT2D eigenvalue weighted by Gasteiger charge is 2.19. The standard InChI is InChI=1S/C22H25N3O5/c1-5-27-17-12-16(13-18(28-6-2)19(17)29-7-3)21-24-25-22(30-21)23-20(26)15-10-8-14(4)9-11-15/h8-13H,5-7H2,1-4H3,(H,23,25,26). The summed E-state index contributed by atoms with van der Waals surface area (Å²) in [5.74, 6) is 1.45. The quantitative estimate of drug-likeness (QED) is 0.554. The van der Waals surface area contributed by atoms with Crippen LogP contribution in [0.1, 0.15) is 36.7 Å². The average molecular weight is 411 g/mol. The minimum Gasteiger partial charge on any atom is -0.490 e. The Morgan fingerprint density at radius 2 is 1.53 bits per heavy atom. The highest BCUT2D eigenvalue weighted by atomic mass is 16.5. The summed E-state index contributed by atoms with van der Waals surface area (Å²) in [4.78, 5) is 12.4. The smallest absolute Gasteiger partial charge is 0.322 e. The van der Waals surface area contributed by atoms with E-state index in [1.54, 1.807) is 24.3 Å². The van der Waals surface area contributed by atoms with Crippen LogP contribution in [0.2, 0.25) is 0 Å². The molecule has 1 heterocycles. The number of amides is 1. The highest BCUT2D eigenvalue weighted by molar-refractivity contribution is 6.03. The first-order valence-electron chi connectivity index (χ1n) is 9.84. The lowest BCUT2D eigenvalue weighted by Gasteiger charge is -2.16. The number of nitrogens with zero attached hydrogens (tertiary/aromatic N) is 2. The van der Waals surface area contributed by atoms with Crippen molar-refractivity contribution < 1.29 is 23.4 Å². The molecule has 0 saturated heterocycles. The van der Waals surface area contributed by atoms with E-state index in [1.165, 1.54) is 0 Å². The van der Waals surface area contributed by atoms with Crippen LogP contribution in [0, 0.1) is 6.92 Å². The van der Waals surface area contributed by atoms with E-state index < -0.39 is 0 Å². The molecule has 1 aromatic heterocycles. The molecule has 8 heteroatoms. The largest absolute Gasteiger partial charge is 0.490 e. The number of nitrogens with one attached hydrogen (secondary N) is 1. The van der Waals surface area contributed by atoms with Crippen LogP contribution in [0.25, 0.3) is 11.5 Å². The molecule has 8 nitrogen and oxygen atoms in total. The topological polar surface area (TPSA) is 95.7 Å². The summed E-state index contributed by atoms with van der Waals surface area (Å²) in [6.07, 6.45) is 0. The van der Waals surface area contributed by atoms with Crippen molar-refractivity contribution in [1.82, 2.24) is 10.2 Å². The van der Waals surface area contributed by atoms with Crippen molar-refractivity contribution >= 4 is 11.9 Å². The van der Waals surface area contributed by atoms with Crippen LogP contribution in [-0.4, -0.2) is 35.9 Å². The SMILES string of the molecule is CCOc1cc(-c2nnc(NC(=O)c3ccc(C)cc3)o2)cc(OCC)c1OCC. The van der Waals surface area contributed by atoms with E-state index in [-0.39, 0.29) is 17.8 Å². The van der Waals surface area contributed by atoms with Gasteiger partial charge >= 0.3 is 6.01 Å². The van der Waals surface area contributed by atoms with E-state index >= 15 is 0 Å². The molecule has 0 fully saturated rings. The molecule has 0 aliphatic rings. The van der Waals surface area contributed by atoms with Gasteiger partial charge in [0.25, 0.3) is 5.91 Å². The van der Waals surface area contributed by atoms with Gasteiger partial charge in [-0.15, -0.1) is 5.10 Å². The second-order valence-electron chi connectivity index (χ2n) is 6.33. The average Bonchev–Trinajstić information content (AvgIpc) is 3.19. The molecule has 1 amide bonds. The molecular weight excluding hydrogens is 386 g/mol. The predicted octanol–water partition coefficient (Wildman–Crippen LogP) is 4.49. The molecule has 0 aliphatic carbocycles. The van der Waals surface area contributed by atoms with Crippen molar-refractivity contribution in [2.24, 2.45) is 0 Å². The molecule has 0 radical (unpaired) electrons. The molecule has 2 aromatic carbocycles. The van der Waals surface area contributed by atoms with E-state index in [9.17, 15) is 4.79 Å². The van der Waals surface area contributed by atoms with Crippen LogP contribution in [0.4, 0.5) is 6.01 Å². The Kier molecular flexibility index (Phi) is 6.90. The summed E-state index contributed by atoms with van der Waals surface area (Å²) in [7, 11) is 0. The number of carbonyl (C=O) groups excluding carboxylic acids is 1. The fraction of sp³-hybridized carbons (Fsp3) is 0.318. The normalized spacial score (nSPS) is 10.5. The van der Waals surface area contributed by atoms with Crippen LogP contribution in [-0.2, 0) is 0 Å². The van der Waals surface area contributed by atoms with Crippen molar-refractivity contribution in [3.05, 3.63) is 47.5 Å². The number of aromatic nitrogens is 2. The van der Waals surface area contributed by atoms with Crippen LogP contribution in [0.5, 0.6) is 17.2 Å². The monoisotopic (exact) mass is 411 g/mol. The third-order valence-corrected chi connectivity index (χ3v) is 4.12. The Morgan fingerprint density at radius 1 is 0.933 bits per heavy atom. The molecule has 30 heavy (non-hydrogen) atoms. The van der Waals surface area contributed by atoms with Crippen molar-refractivity contribution in [3.8, 4) is 28.7 Å². The number of carbonyl (C=O) groups is 1. The van der Waals surface area contributed by atoms with Crippen LogP contribution < -0.4 is 19.5 Å². The second kappa shape index (κ2) is 9.78. The van der Waals surface area contributed by atoms with Gasteiger partial charge in [0.15, 0.2) is 11.5 Å². The van der Waals surface area contributed by atoms with E-state index in [2.05, 4.69) is 15.5 Å². The molecule has 0 saturated carbocycles. The lowest BCUT2D eigenvalue weighted by molar-refractivity contribution is 0.102. The first-order valence-corrected chi connectivity index (χ1v) is 9.84. The van der Waals surface area contributed by atoms with E-state index in [0.29, 0.717) is 48.2 Å². The van der Waals surface area contributed by atoms with Crippen molar-refractivity contribution in [2.45, 2.75) is 27.7 Å². The number of ether oxygens (including phenoxy) is 3. The zero-order chi connectivity index (χ0) is 21.5. The van der Waals surface area contributed by atoms with Crippen LogP contribution in [0.15, 0.2) is 40.8 Å². The molecule has 1 N–H and O–H groups in total. The Balaban J connectivity index is 1.87. The molecule has 158 valence electrons. The molecule has 0 unspecified atom stereocenters. The fourth-order valence-corrected chi connectivity index (χ4v) is 2.78. The summed E-state index contributed by atoms with van der Waals surface area (Å²) < 4.78 is 22.8. The Morgan fingerprint density at radius 3 is 2.10 bits per heavy atom. The molecule has 0 bridgehead atoms. The molecule has 3 rings (SSSR count). The zero-order valence-corrected chi connectivity index (χ0v) is 17.5. The summed E-state index contributed by atoms with van der Waals surface area (Å²) >= 11 is 0. The lowest BCUT2D eigenvalue weighted by atomic mass is 10.1. The van der Waals surface area contributed by atoms with Gasteiger partial charge in [0.05, 0.1) is 19.8 Å². The number of rotatable bonds is 9. The lowest BCUT2D eigenvalue weighted by Crippen LogP contribution is -2.11. The summed E-state index contributed by atoms with van der Waals surface area (Å²) in [6, 6.07) is 10.7. The summed E-state index contributed by atoms with van der Waals surface area (Å²) in [5.41, 5.74) is 2.16. The van der Waals surface area contributed by atoms with Gasteiger partial charge in [0.2, 0.25) is 11.6 Å². The highest BCUT2D eigenvalue weighted by Crippen LogP contribution is 2.41. The maximum Gasteiger partial charge on any atom is 0.322 e. The molecule has 0 spiro atoms. The van der Waals surface area contributed by atoms with E-state index in [1.807, 2.05) is 39.8 Å². The molecular formula is C22H25N3O5. The summed E-state index contributed by atoms with van der Waals surface area (Å²) in [5, 5.41) is 10.6. The fourth-order valence-electron chi connectivity index (χ4n) is 2.78. The second-order valence-corrected chi connectivity index (χ2v) is 6.33. The maximum absolute atomic E-state index is 12.4. The van der Waals surface area contributed by atoms with Gasteiger partial charge in [0.1, 0.15) is 0 Å². The first-order chi connectivity index (χ1) is 14.5. The third kappa shape index (κ3) is 4.89. The number of anilines is 1. The van der Waals surface area contributed by atoms with Gasteiger partial charge in [0, 0.05) is 11.1 Å². The number of hydrogen-bond donors (Lipinski definition) is 1. The van der Waals surface area contributed by atoms with Gasteiger partial charge in [-0.05, 0) is 52.0 Å². The Hall–Kier alpha value is -3.55. The van der Waals surface area contributed by atoms with E-state index in [4.69, 9.17) is 18.6 Å². The third-order valence-electron chi connectivity index (χ3n) is 4.12. The van der Waals surface area contributed by atoms with E-state index in [0.717, 1.165) is 5.56 Å². The molecule has 0 aliphatic heterocycles. The van der Waals surface area contributed by atoms with Crippen molar-refractivity contribution in [2.75, 3.05) is 25.1 Å². The number of aryl methyl sites for hydroxylation is 1. The van der Waals surface area contributed by atoms with Gasteiger partial charge in [-0.25, -0.2) is 0 Å². The number of hydrogen-bond acceptors (Lipinski definition) is 7. The molecule has 0 atom stereocenters. The first kappa shape index (κ1) is 21.2. The van der Waals surface area contributed by atoms with Crippen molar-refractivity contribution in [3.63, 3.8) is 0 Å². The minimum atomic E-state index is -0.332. The minimum absolute atomic E-state index is 0.000351. The van der Waals surface area contributed by atoms with Crippen molar-refractivity contribution in [1.29, 1.82) is 0 Å². The van der Waals surface area contributed by atoms with Gasteiger partial charge in [-0.3, -0.25) is 10.1 Å². The summed E-state index contributed by atoms with van der Waals surface area (Å²) in [6.45, 7) is 8.99. The molecule has 3 aromatic rings. The van der Waals surface area contributed by atoms with Gasteiger partial charge in [-0.2, -0.15) is 0 Å². The predicted molar refractivity (Wildman–Crippen MR) is 112 cm³/mol. The maximum atomic E-state index is 12.4. The van der Waals surface area contributed by atoms with Gasteiger partial charge in [-0.1, -0.05) is 22.8 Å². The Labute approximate surface area is 175 Å². The van der Waals surface area contributed by atoms with Crippen LogP contribution in [0.3, 0.4) is 0 Å². The number of benzene rings is 2.